The summed E-state index contributed by atoms with van der Waals surface area (Å²) in [6.45, 7) is 4.04. The van der Waals surface area contributed by atoms with E-state index in [0.717, 1.165) is 0 Å². The third-order valence-corrected chi connectivity index (χ3v) is 7.20. The fraction of sp³-hybridized carbons (Fsp3) is 0.400. The Morgan fingerprint density at radius 2 is 2.00 bits per heavy atom. The Morgan fingerprint density at radius 1 is 1.22 bits per heavy atom. The molecule has 0 N–H and O–H groups in total. The predicted molar refractivity (Wildman–Crippen MR) is 105 cm³/mol. The molecule has 0 aromatic heterocycles. The van der Waals surface area contributed by atoms with Gasteiger partial charge in [0.15, 0.2) is 9.84 Å². The maximum atomic E-state index is 14.3. The van der Waals surface area contributed by atoms with Crippen molar-refractivity contribution < 1.29 is 22.3 Å². The van der Waals surface area contributed by atoms with Crippen LogP contribution in [0.25, 0.3) is 0 Å². The largest absolute Gasteiger partial charge is 0.491 e. The van der Waals surface area contributed by atoms with Crippen LogP contribution in [0, 0.1) is 5.82 Å². The van der Waals surface area contributed by atoms with E-state index in [0.29, 0.717) is 22.2 Å². The second-order valence-electron chi connectivity index (χ2n) is 6.86. The van der Waals surface area contributed by atoms with Crippen molar-refractivity contribution in [3.8, 4) is 5.75 Å². The lowest BCUT2D eigenvalue weighted by Gasteiger charge is -2.30. The molecule has 0 spiro atoms. The minimum atomic E-state index is -3.57. The third kappa shape index (κ3) is 4.70. The van der Waals surface area contributed by atoms with Crippen molar-refractivity contribution in [2.24, 2.45) is 0 Å². The zero-order valence-corrected chi connectivity index (χ0v) is 17.6. The minimum Gasteiger partial charge on any atom is -0.491 e. The zero-order chi connectivity index (χ0) is 19.6. The van der Waals surface area contributed by atoms with Crippen LogP contribution >= 0.6 is 15.9 Å². The molecule has 1 saturated heterocycles. The van der Waals surface area contributed by atoms with Crippen LogP contribution in [0.5, 0.6) is 5.75 Å². The Balaban J connectivity index is 1.84. The molecule has 7 heteroatoms. The second-order valence-corrected chi connectivity index (χ2v) is 10.0. The molecule has 27 heavy (non-hydrogen) atoms. The van der Waals surface area contributed by atoms with E-state index in [4.69, 9.17) is 9.47 Å². The summed E-state index contributed by atoms with van der Waals surface area (Å²) in [5, 5.41) is -0.631. The lowest BCUT2D eigenvalue weighted by atomic mass is 10.0. The zero-order valence-electron chi connectivity index (χ0n) is 15.2. The van der Waals surface area contributed by atoms with Crippen LogP contribution < -0.4 is 4.74 Å². The molecule has 0 radical (unpaired) electrons. The molecule has 1 aliphatic rings. The van der Waals surface area contributed by atoms with Gasteiger partial charge in [-0.25, -0.2) is 12.8 Å². The summed E-state index contributed by atoms with van der Waals surface area (Å²) < 4.78 is 52.5. The SMILES string of the molecule is CC(C)Oc1cccc(S(=O)(=O)C2CCOC(c3ccc(Br)cc3F)C2)c1. The summed E-state index contributed by atoms with van der Waals surface area (Å²) in [6, 6.07) is 11.3. The summed E-state index contributed by atoms with van der Waals surface area (Å²) in [7, 11) is -3.57. The quantitative estimate of drug-likeness (QED) is 0.629. The Labute approximate surface area is 167 Å². The molecule has 0 aliphatic carbocycles. The van der Waals surface area contributed by atoms with Gasteiger partial charge in [0.25, 0.3) is 0 Å². The molecule has 1 heterocycles. The van der Waals surface area contributed by atoms with Gasteiger partial charge in [-0.2, -0.15) is 0 Å². The molecule has 4 nitrogen and oxygen atoms in total. The molecule has 3 rings (SSSR count). The molecule has 1 fully saturated rings. The molecule has 2 atom stereocenters. The molecule has 2 aromatic rings. The van der Waals surface area contributed by atoms with E-state index < -0.39 is 27.0 Å². The van der Waals surface area contributed by atoms with E-state index in [1.807, 2.05) is 13.8 Å². The Bertz CT molecular complexity index is 914. The van der Waals surface area contributed by atoms with Gasteiger partial charge in [0.05, 0.1) is 22.4 Å². The van der Waals surface area contributed by atoms with Gasteiger partial charge in [0.1, 0.15) is 11.6 Å². The molecule has 0 amide bonds. The van der Waals surface area contributed by atoms with Crippen molar-refractivity contribution in [2.75, 3.05) is 6.61 Å². The van der Waals surface area contributed by atoms with Crippen LogP contribution in [0.1, 0.15) is 38.4 Å². The highest BCUT2D eigenvalue weighted by atomic mass is 79.9. The highest BCUT2D eigenvalue weighted by Gasteiger charge is 2.35. The Hall–Kier alpha value is -1.44. The van der Waals surface area contributed by atoms with E-state index in [2.05, 4.69) is 15.9 Å². The third-order valence-electron chi connectivity index (χ3n) is 4.49. The molecule has 146 valence electrons. The van der Waals surface area contributed by atoms with E-state index >= 15 is 0 Å². The smallest absolute Gasteiger partial charge is 0.181 e. The molecule has 0 saturated carbocycles. The predicted octanol–water partition coefficient (Wildman–Crippen LogP) is 5.07. The molecule has 2 unspecified atom stereocenters. The average Bonchev–Trinajstić information content (AvgIpc) is 2.61. The minimum absolute atomic E-state index is 0.0456. The van der Waals surface area contributed by atoms with Crippen molar-refractivity contribution in [1.29, 1.82) is 0 Å². The van der Waals surface area contributed by atoms with E-state index in [-0.39, 0.29) is 24.0 Å². The van der Waals surface area contributed by atoms with E-state index in [1.54, 1.807) is 36.4 Å². The van der Waals surface area contributed by atoms with Crippen molar-refractivity contribution in [2.45, 2.75) is 49.0 Å². The summed E-state index contributed by atoms with van der Waals surface area (Å²) in [5.41, 5.74) is 0.384. The van der Waals surface area contributed by atoms with Crippen LogP contribution in [0.3, 0.4) is 0 Å². The lowest BCUT2D eigenvalue weighted by Crippen LogP contribution is -2.31. The highest BCUT2D eigenvalue weighted by Crippen LogP contribution is 2.36. The van der Waals surface area contributed by atoms with Gasteiger partial charge in [-0.05, 0) is 57.0 Å². The molecule has 1 aliphatic heterocycles. The first-order valence-electron chi connectivity index (χ1n) is 8.84. The Morgan fingerprint density at radius 3 is 2.70 bits per heavy atom. The molecular formula is C20H22BrFO4S. The number of hydrogen-bond acceptors (Lipinski definition) is 4. The topological polar surface area (TPSA) is 52.6 Å². The summed E-state index contributed by atoms with van der Waals surface area (Å²) in [5.74, 6) is 0.119. The maximum absolute atomic E-state index is 14.3. The van der Waals surface area contributed by atoms with Crippen molar-refractivity contribution in [3.63, 3.8) is 0 Å². The van der Waals surface area contributed by atoms with Crippen LogP contribution in [-0.4, -0.2) is 26.4 Å². The molecular weight excluding hydrogens is 435 g/mol. The van der Waals surface area contributed by atoms with Crippen LogP contribution in [0.2, 0.25) is 0 Å². The van der Waals surface area contributed by atoms with Crippen LogP contribution in [0.4, 0.5) is 4.39 Å². The summed E-state index contributed by atoms with van der Waals surface area (Å²) in [6.07, 6.45) is -0.0277. The average molecular weight is 457 g/mol. The van der Waals surface area contributed by atoms with Crippen LogP contribution in [-0.2, 0) is 14.6 Å². The number of halogens is 2. The van der Waals surface area contributed by atoms with Gasteiger partial charge in [0, 0.05) is 16.6 Å². The molecule has 0 bridgehead atoms. The Kier molecular flexibility index (Phi) is 6.23. The lowest BCUT2D eigenvalue weighted by molar-refractivity contribution is 0.0145. The first-order chi connectivity index (χ1) is 12.8. The summed E-state index contributed by atoms with van der Waals surface area (Å²) >= 11 is 3.23. The van der Waals surface area contributed by atoms with Crippen LogP contribution in [0.15, 0.2) is 51.8 Å². The van der Waals surface area contributed by atoms with Gasteiger partial charge in [-0.15, -0.1) is 0 Å². The fourth-order valence-corrected chi connectivity index (χ4v) is 5.32. The maximum Gasteiger partial charge on any atom is 0.181 e. The highest BCUT2D eigenvalue weighted by molar-refractivity contribution is 9.10. The van der Waals surface area contributed by atoms with Gasteiger partial charge in [0.2, 0.25) is 0 Å². The van der Waals surface area contributed by atoms with Crippen molar-refractivity contribution >= 4 is 25.8 Å². The molecule has 2 aromatic carbocycles. The number of hydrogen-bond donors (Lipinski definition) is 0. The monoisotopic (exact) mass is 456 g/mol. The number of ether oxygens (including phenoxy) is 2. The number of sulfone groups is 1. The van der Waals surface area contributed by atoms with Gasteiger partial charge in [-0.3, -0.25) is 0 Å². The standard InChI is InChI=1S/C20H22BrFO4S/c1-13(2)26-15-4-3-5-16(11-15)27(23,24)17-8-9-25-20(12-17)18-7-6-14(21)10-19(18)22/h3-7,10-11,13,17,20H,8-9,12H2,1-2H3. The fourth-order valence-electron chi connectivity index (χ4n) is 3.22. The van der Waals surface area contributed by atoms with E-state index in [9.17, 15) is 12.8 Å². The first-order valence-corrected chi connectivity index (χ1v) is 11.2. The first kappa shape index (κ1) is 20.3. The second kappa shape index (κ2) is 8.29. The normalized spacial score (nSPS) is 20.6. The number of rotatable bonds is 5. The summed E-state index contributed by atoms with van der Waals surface area (Å²) in [4.78, 5) is 0.225. The van der Waals surface area contributed by atoms with Gasteiger partial charge >= 0.3 is 0 Å². The van der Waals surface area contributed by atoms with Crippen molar-refractivity contribution in [3.05, 3.63) is 58.3 Å². The van der Waals surface area contributed by atoms with Gasteiger partial charge < -0.3 is 9.47 Å². The van der Waals surface area contributed by atoms with Gasteiger partial charge in [-0.1, -0.05) is 28.1 Å². The van der Waals surface area contributed by atoms with Crippen molar-refractivity contribution in [1.82, 2.24) is 0 Å². The number of benzene rings is 2. The van der Waals surface area contributed by atoms with E-state index in [1.165, 1.54) is 6.07 Å².